The van der Waals surface area contributed by atoms with Crippen molar-refractivity contribution < 1.29 is 17.6 Å². The largest absolute Gasteiger partial charge is 0.459 e. The number of piperidine rings is 1. The molecule has 1 saturated heterocycles. The lowest BCUT2D eigenvalue weighted by atomic mass is 9.77. The Morgan fingerprint density at radius 2 is 2.00 bits per heavy atom. The molecule has 3 aliphatic rings. The molecule has 160 valence electrons. The van der Waals surface area contributed by atoms with Gasteiger partial charge < -0.3 is 9.32 Å². The summed E-state index contributed by atoms with van der Waals surface area (Å²) in [7, 11) is -3.35. The predicted octanol–water partition coefficient (Wildman–Crippen LogP) is 0.633. The standard InChI is InChI=1S/C20H24N4O5S/c1-30(27,28)23-7-4-15-14(12-23)18(25)24-13-20(11-17(24)21-15)5-8-22(9-6-20)19(26)16-3-2-10-29-16/h2-3,10H,4-9,11-13H2,1H3. The van der Waals surface area contributed by atoms with Crippen LogP contribution in [0.3, 0.4) is 0 Å². The van der Waals surface area contributed by atoms with Crippen molar-refractivity contribution in [3.05, 3.63) is 51.6 Å². The van der Waals surface area contributed by atoms with Crippen LogP contribution in [0.15, 0.2) is 27.6 Å². The second-order valence-electron chi connectivity index (χ2n) is 8.64. The van der Waals surface area contributed by atoms with Gasteiger partial charge in [0.25, 0.3) is 11.5 Å². The van der Waals surface area contributed by atoms with Crippen molar-refractivity contribution in [1.29, 1.82) is 0 Å². The van der Waals surface area contributed by atoms with Crippen LogP contribution in [0.2, 0.25) is 0 Å². The van der Waals surface area contributed by atoms with Crippen LogP contribution in [0.25, 0.3) is 0 Å². The third kappa shape index (κ3) is 3.18. The normalized spacial score (nSPS) is 20.9. The van der Waals surface area contributed by atoms with Crippen molar-refractivity contribution in [3.63, 3.8) is 0 Å². The molecule has 2 aromatic rings. The summed E-state index contributed by atoms with van der Waals surface area (Å²) in [5.41, 5.74) is 1.03. The molecule has 1 spiro atoms. The van der Waals surface area contributed by atoms with E-state index in [9.17, 15) is 18.0 Å². The van der Waals surface area contributed by atoms with Crippen molar-refractivity contribution >= 4 is 15.9 Å². The molecule has 0 atom stereocenters. The Bertz CT molecular complexity index is 1160. The molecule has 0 N–H and O–H groups in total. The first-order valence-electron chi connectivity index (χ1n) is 10.2. The number of aromatic nitrogens is 2. The van der Waals surface area contributed by atoms with Crippen LogP contribution in [0.4, 0.5) is 0 Å². The third-order valence-corrected chi connectivity index (χ3v) is 7.95. The van der Waals surface area contributed by atoms with Gasteiger partial charge in [0.15, 0.2) is 5.76 Å². The Hall–Kier alpha value is -2.46. The summed E-state index contributed by atoms with van der Waals surface area (Å²) in [5, 5.41) is 0. The number of furan rings is 1. The molecule has 0 bridgehead atoms. The van der Waals surface area contributed by atoms with Crippen LogP contribution in [-0.2, 0) is 36.0 Å². The van der Waals surface area contributed by atoms with Crippen LogP contribution in [0, 0.1) is 5.41 Å². The zero-order chi connectivity index (χ0) is 21.1. The van der Waals surface area contributed by atoms with Crippen LogP contribution >= 0.6 is 0 Å². The van der Waals surface area contributed by atoms with Crippen LogP contribution in [0.5, 0.6) is 0 Å². The lowest BCUT2D eigenvalue weighted by molar-refractivity contribution is 0.0546. The van der Waals surface area contributed by atoms with E-state index in [0.717, 1.165) is 24.4 Å². The maximum Gasteiger partial charge on any atom is 0.289 e. The number of rotatable bonds is 2. The molecule has 2 aromatic heterocycles. The van der Waals surface area contributed by atoms with Crippen molar-refractivity contribution in [2.24, 2.45) is 5.41 Å². The highest BCUT2D eigenvalue weighted by Crippen LogP contribution is 2.41. The van der Waals surface area contributed by atoms with Crippen LogP contribution < -0.4 is 5.56 Å². The van der Waals surface area contributed by atoms with Crippen molar-refractivity contribution in [2.45, 2.75) is 38.8 Å². The molecular weight excluding hydrogens is 408 g/mol. The van der Waals surface area contributed by atoms with E-state index in [1.54, 1.807) is 21.6 Å². The second kappa shape index (κ2) is 6.78. The molecular formula is C20H24N4O5S. The van der Waals surface area contributed by atoms with Crippen molar-refractivity contribution in [1.82, 2.24) is 18.8 Å². The van der Waals surface area contributed by atoms with Gasteiger partial charge >= 0.3 is 0 Å². The molecule has 9 nitrogen and oxygen atoms in total. The number of carbonyl (C=O) groups is 1. The molecule has 0 saturated carbocycles. The minimum Gasteiger partial charge on any atom is -0.459 e. The minimum absolute atomic E-state index is 0.0838. The molecule has 30 heavy (non-hydrogen) atoms. The lowest BCUT2D eigenvalue weighted by Gasteiger charge is -2.38. The SMILES string of the molecule is CS(=O)(=O)N1CCc2nc3n(c(=O)c2C1)CC1(CCN(C(=O)c2ccco2)CC1)C3. The molecule has 5 heterocycles. The van der Waals surface area contributed by atoms with Gasteiger partial charge in [0.05, 0.1) is 23.8 Å². The first kappa shape index (κ1) is 19.5. The van der Waals surface area contributed by atoms with Gasteiger partial charge in [-0.15, -0.1) is 0 Å². The van der Waals surface area contributed by atoms with Crippen LogP contribution in [0.1, 0.15) is 40.5 Å². The average molecular weight is 433 g/mol. The van der Waals surface area contributed by atoms with Gasteiger partial charge in [-0.2, -0.15) is 4.31 Å². The summed E-state index contributed by atoms with van der Waals surface area (Å²) in [6.07, 6.45) is 5.43. The molecule has 1 amide bonds. The fourth-order valence-corrected chi connectivity index (χ4v) is 5.71. The van der Waals surface area contributed by atoms with Gasteiger partial charge in [0, 0.05) is 45.6 Å². The molecule has 3 aliphatic heterocycles. The monoisotopic (exact) mass is 432 g/mol. The fourth-order valence-electron chi connectivity index (χ4n) is 4.92. The highest BCUT2D eigenvalue weighted by Gasteiger charge is 2.43. The van der Waals surface area contributed by atoms with Gasteiger partial charge in [-0.3, -0.25) is 14.2 Å². The van der Waals surface area contributed by atoms with Crippen molar-refractivity contribution in [2.75, 3.05) is 25.9 Å². The van der Waals surface area contributed by atoms with Gasteiger partial charge in [0.2, 0.25) is 10.0 Å². The van der Waals surface area contributed by atoms with E-state index in [0.29, 0.717) is 50.3 Å². The van der Waals surface area contributed by atoms with Crippen LogP contribution in [-0.4, -0.2) is 59.0 Å². The highest BCUT2D eigenvalue weighted by atomic mass is 32.2. The summed E-state index contributed by atoms with van der Waals surface area (Å²) in [6.45, 7) is 2.26. The van der Waals surface area contributed by atoms with E-state index >= 15 is 0 Å². The molecule has 10 heteroatoms. The summed E-state index contributed by atoms with van der Waals surface area (Å²) < 4.78 is 32.1. The number of fused-ring (bicyclic) bond motifs is 2. The van der Waals surface area contributed by atoms with E-state index in [1.165, 1.54) is 16.8 Å². The van der Waals surface area contributed by atoms with Crippen molar-refractivity contribution in [3.8, 4) is 0 Å². The maximum absolute atomic E-state index is 13.2. The number of nitrogens with zero attached hydrogens (tertiary/aromatic N) is 4. The smallest absolute Gasteiger partial charge is 0.289 e. The number of sulfonamides is 1. The Kier molecular flexibility index (Phi) is 4.41. The lowest BCUT2D eigenvalue weighted by Crippen LogP contribution is -2.44. The summed E-state index contributed by atoms with van der Waals surface area (Å²) in [5.74, 6) is 1.04. The summed E-state index contributed by atoms with van der Waals surface area (Å²) >= 11 is 0. The molecule has 0 unspecified atom stereocenters. The quantitative estimate of drug-likeness (QED) is 0.689. The third-order valence-electron chi connectivity index (χ3n) is 6.70. The average Bonchev–Trinajstić information content (AvgIpc) is 3.36. The zero-order valence-corrected chi connectivity index (χ0v) is 17.7. The second-order valence-corrected chi connectivity index (χ2v) is 10.6. The summed E-state index contributed by atoms with van der Waals surface area (Å²) in [6, 6.07) is 3.38. The molecule has 1 fully saturated rings. The number of carbonyl (C=O) groups excluding carboxylic acids is 1. The highest BCUT2D eigenvalue weighted by molar-refractivity contribution is 7.88. The number of hydrogen-bond acceptors (Lipinski definition) is 6. The Balaban J connectivity index is 1.35. The Morgan fingerprint density at radius 3 is 2.67 bits per heavy atom. The zero-order valence-electron chi connectivity index (χ0n) is 16.8. The molecule has 5 rings (SSSR count). The molecule has 0 aromatic carbocycles. The Morgan fingerprint density at radius 1 is 1.23 bits per heavy atom. The first-order valence-corrected chi connectivity index (χ1v) is 12.0. The molecule has 0 radical (unpaired) electrons. The van der Waals surface area contributed by atoms with E-state index in [2.05, 4.69) is 0 Å². The van der Waals surface area contributed by atoms with Gasteiger partial charge in [0.1, 0.15) is 5.82 Å². The predicted molar refractivity (Wildman–Crippen MR) is 107 cm³/mol. The topological polar surface area (TPSA) is 106 Å². The van der Waals surface area contributed by atoms with E-state index < -0.39 is 10.0 Å². The summed E-state index contributed by atoms with van der Waals surface area (Å²) in [4.78, 5) is 32.3. The van der Waals surface area contributed by atoms with Gasteiger partial charge in [-0.25, -0.2) is 13.4 Å². The maximum atomic E-state index is 13.2. The van der Waals surface area contributed by atoms with Gasteiger partial charge in [-0.05, 0) is 30.4 Å². The first-order chi connectivity index (χ1) is 14.3. The van der Waals surface area contributed by atoms with E-state index in [1.807, 2.05) is 0 Å². The van der Waals surface area contributed by atoms with Gasteiger partial charge in [-0.1, -0.05) is 0 Å². The number of hydrogen-bond donors (Lipinski definition) is 0. The van der Waals surface area contributed by atoms with E-state index in [-0.39, 0.29) is 23.4 Å². The Labute approximate surface area is 174 Å². The molecule has 0 aliphatic carbocycles. The minimum atomic E-state index is -3.35. The number of amides is 1. The fraction of sp³-hybridized carbons (Fsp3) is 0.550. The number of likely N-dealkylation sites (tertiary alicyclic amines) is 1. The van der Waals surface area contributed by atoms with E-state index in [4.69, 9.17) is 9.40 Å².